The van der Waals surface area contributed by atoms with Crippen LogP contribution in [0.15, 0.2) is 0 Å². The second-order valence-corrected chi connectivity index (χ2v) is 7.87. The van der Waals surface area contributed by atoms with Crippen molar-refractivity contribution in [1.82, 2.24) is 20.0 Å². The second kappa shape index (κ2) is 9.02. The van der Waals surface area contributed by atoms with E-state index >= 15 is 0 Å². The molecule has 0 radical (unpaired) electrons. The number of nitrogens with zero attached hydrogens (tertiary/aromatic N) is 3. The Kier molecular flexibility index (Phi) is 7.32. The first kappa shape index (κ1) is 19.5. The number of carbonyl (C=O) groups excluding carboxylic acids is 1. The standard InChI is InChI=1S/C18H36N4O2/c1-4-18(15-23)7-11-22(12-8-18)17(24)19-16-5-9-21(10-6-16)14-13-20(2)3/h16,23H,4-15H2,1-3H3,(H,19,24). The highest BCUT2D eigenvalue weighted by molar-refractivity contribution is 5.74. The molecular formula is C18H36N4O2. The summed E-state index contributed by atoms with van der Waals surface area (Å²) < 4.78 is 0. The molecule has 0 aromatic heterocycles. The van der Waals surface area contributed by atoms with E-state index in [0.717, 1.165) is 71.4 Å². The molecule has 0 aromatic rings. The summed E-state index contributed by atoms with van der Waals surface area (Å²) in [4.78, 5) is 19.1. The maximum Gasteiger partial charge on any atom is 0.317 e. The molecular weight excluding hydrogens is 304 g/mol. The van der Waals surface area contributed by atoms with E-state index in [4.69, 9.17) is 0 Å². The number of hydrogen-bond acceptors (Lipinski definition) is 4. The molecule has 0 atom stereocenters. The molecule has 2 aliphatic rings. The molecule has 6 heteroatoms. The summed E-state index contributed by atoms with van der Waals surface area (Å²) in [7, 11) is 4.21. The molecule has 2 saturated heterocycles. The van der Waals surface area contributed by atoms with Gasteiger partial charge in [-0.1, -0.05) is 6.92 Å². The normalized spacial score (nSPS) is 22.8. The number of nitrogens with one attached hydrogen (secondary N) is 1. The summed E-state index contributed by atoms with van der Waals surface area (Å²) in [6.07, 6.45) is 4.91. The third-order valence-electron chi connectivity index (χ3n) is 5.98. The van der Waals surface area contributed by atoms with Gasteiger partial charge >= 0.3 is 6.03 Å². The van der Waals surface area contributed by atoms with Crippen LogP contribution in [0, 0.1) is 5.41 Å². The van der Waals surface area contributed by atoms with E-state index in [1.165, 1.54) is 0 Å². The lowest BCUT2D eigenvalue weighted by atomic mass is 9.77. The number of likely N-dealkylation sites (N-methyl/N-ethyl adjacent to an activating group) is 1. The molecule has 2 fully saturated rings. The quantitative estimate of drug-likeness (QED) is 0.763. The van der Waals surface area contributed by atoms with Crippen molar-refractivity contribution in [2.24, 2.45) is 5.41 Å². The van der Waals surface area contributed by atoms with Gasteiger partial charge in [0.1, 0.15) is 0 Å². The van der Waals surface area contributed by atoms with Crippen molar-refractivity contribution < 1.29 is 9.90 Å². The Morgan fingerprint density at radius 3 is 2.33 bits per heavy atom. The molecule has 140 valence electrons. The lowest BCUT2D eigenvalue weighted by Crippen LogP contribution is -2.52. The predicted octanol–water partition coefficient (Wildman–Crippen LogP) is 1.21. The van der Waals surface area contributed by atoms with Gasteiger partial charge in [-0.3, -0.25) is 0 Å². The molecule has 6 nitrogen and oxygen atoms in total. The molecule has 24 heavy (non-hydrogen) atoms. The number of aliphatic hydroxyl groups excluding tert-OH is 1. The molecule has 0 aromatic carbocycles. The molecule has 0 spiro atoms. The van der Waals surface area contributed by atoms with Crippen molar-refractivity contribution in [3.8, 4) is 0 Å². The third-order valence-corrected chi connectivity index (χ3v) is 5.98. The minimum atomic E-state index is 0.0363. The minimum Gasteiger partial charge on any atom is -0.396 e. The highest BCUT2D eigenvalue weighted by Gasteiger charge is 2.34. The van der Waals surface area contributed by atoms with Gasteiger partial charge < -0.3 is 25.1 Å². The smallest absolute Gasteiger partial charge is 0.317 e. The van der Waals surface area contributed by atoms with Gasteiger partial charge in [-0.25, -0.2) is 4.79 Å². The van der Waals surface area contributed by atoms with E-state index in [9.17, 15) is 9.90 Å². The van der Waals surface area contributed by atoms with Crippen molar-refractivity contribution >= 4 is 6.03 Å². The zero-order valence-electron chi connectivity index (χ0n) is 15.8. The maximum atomic E-state index is 12.5. The SMILES string of the molecule is CCC1(CO)CCN(C(=O)NC2CCN(CCN(C)C)CC2)CC1. The van der Waals surface area contributed by atoms with Gasteiger partial charge in [0, 0.05) is 51.9 Å². The van der Waals surface area contributed by atoms with E-state index in [-0.39, 0.29) is 18.1 Å². The zero-order valence-corrected chi connectivity index (χ0v) is 15.8. The first-order chi connectivity index (χ1) is 11.5. The topological polar surface area (TPSA) is 59.1 Å². The number of likely N-dealkylation sites (tertiary alicyclic amines) is 2. The summed E-state index contributed by atoms with van der Waals surface area (Å²) in [5.74, 6) is 0. The Bertz CT molecular complexity index is 380. The van der Waals surface area contributed by atoms with Crippen LogP contribution < -0.4 is 5.32 Å². The monoisotopic (exact) mass is 340 g/mol. The molecule has 2 rings (SSSR count). The number of rotatable bonds is 6. The van der Waals surface area contributed by atoms with Crippen LogP contribution in [0.4, 0.5) is 4.79 Å². The third kappa shape index (κ3) is 5.33. The first-order valence-electron chi connectivity index (χ1n) is 9.51. The van der Waals surface area contributed by atoms with Crippen LogP contribution in [0.1, 0.15) is 39.0 Å². The number of carbonyl (C=O) groups is 1. The first-order valence-corrected chi connectivity index (χ1v) is 9.51. The summed E-state index contributed by atoms with van der Waals surface area (Å²) in [5.41, 5.74) is 0.0363. The molecule has 2 heterocycles. The number of urea groups is 1. The fourth-order valence-electron chi connectivity index (χ4n) is 3.72. The Labute approximate surface area is 147 Å². The second-order valence-electron chi connectivity index (χ2n) is 7.87. The molecule has 0 unspecified atom stereocenters. The fourth-order valence-corrected chi connectivity index (χ4v) is 3.72. The highest BCUT2D eigenvalue weighted by atomic mass is 16.3. The Morgan fingerprint density at radius 2 is 1.83 bits per heavy atom. The summed E-state index contributed by atoms with van der Waals surface area (Å²) in [5, 5.41) is 12.8. The summed E-state index contributed by atoms with van der Waals surface area (Å²) >= 11 is 0. The van der Waals surface area contributed by atoms with Crippen LogP contribution >= 0.6 is 0 Å². The summed E-state index contributed by atoms with van der Waals surface area (Å²) in [6, 6.07) is 0.396. The van der Waals surface area contributed by atoms with Gasteiger partial charge in [0.15, 0.2) is 0 Å². The van der Waals surface area contributed by atoms with Gasteiger partial charge in [-0.05, 0) is 51.6 Å². The Morgan fingerprint density at radius 1 is 1.21 bits per heavy atom. The van der Waals surface area contributed by atoms with Crippen LogP contribution in [0.5, 0.6) is 0 Å². The Hall–Kier alpha value is -0.850. The molecule has 0 saturated carbocycles. The van der Waals surface area contributed by atoms with E-state index in [2.05, 4.69) is 36.1 Å². The van der Waals surface area contributed by atoms with Crippen LogP contribution in [0.25, 0.3) is 0 Å². The van der Waals surface area contributed by atoms with Crippen molar-refractivity contribution in [2.75, 3.05) is 60.0 Å². The molecule has 2 amide bonds. The highest BCUT2D eigenvalue weighted by Crippen LogP contribution is 2.34. The Balaban J connectivity index is 1.69. The average Bonchev–Trinajstić information content (AvgIpc) is 2.61. The van der Waals surface area contributed by atoms with Crippen molar-refractivity contribution in [3.63, 3.8) is 0 Å². The van der Waals surface area contributed by atoms with Gasteiger partial charge in [0.2, 0.25) is 0 Å². The predicted molar refractivity (Wildman–Crippen MR) is 97.2 cm³/mol. The molecule has 0 bridgehead atoms. The minimum absolute atomic E-state index is 0.0363. The van der Waals surface area contributed by atoms with Crippen LogP contribution in [0.3, 0.4) is 0 Å². The number of piperidine rings is 2. The van der Waals surface area contributed by atoms with Gasteiger partial charge in [-0.2, -0.15) is 0 Å². The largest absolute Gasteiger partial charge is 0.396 e. The van der Waals surface area contributed by atoms with Crippen LogP contribution in [-0.4, -0.2) is 91.8 Å². The molecule has 2 aliphatic heterocycles. The molecule has 2 N–H and O–H groups in total. The van der Waals surface area contributed by atoms with E-state index in [0.29, 0.717) is 6.04 Å². The van der Waals surface area contributed by atoms with Gasteiger partial charge in [-0.15, -0.1) is 0 Å². The van der Waals surface area contributed by atoms with Crippen molar-refractivity contribution in [2.45, 2.75) is 45.1 Å². The van der Waals surface area contributed by atoms with Gasteiger partial charge in [0.05, 0.1) is 0 Å². The number of amides is 2. The lowest BCUT2D eigenvalue weighted by molar-refractivity contribution is 0.0509. The van der Waals surface area contributed by atoms with E-state index in [1.54, 1.807) is 0 Å². The van der Waals surface area contributed by atoms with E-state index < -0.39 is 0 Å². The number of hydrogen-bond donors (Lipinski definition) is 2. The van der Waals surface area contributed by atoms with Crippen LogP contribution in [-0.2, 0) is 0 Å². The molecule has 0 aliphatic carbocycles. The average molecular weight is 341 g/mol. The summed E-state index contributed by atoms with van der Waals surface area (Å²) in [6.45, 7) is 8.25. The maximum absolute atomic E-state index is 12.5. The van der Waals surface area contributed by atoms with E-state index in [1.807, 2.05) is 4.90 Å². The fraction of sp³-hybridized carbons (Fsp3) is 0.944. The van der Waals surface area contributed by atoms with Crippen LogP contribution in [0.2, 0.25) is 0 Å². The van der Waals surface area contributed by atoms with Crippen molar-refractivity contribution in [1.29, 1.82) is 0 Å². The lowest BCUT2D eigenvalue weighted by Gasteiger charge is -2.41. The van der Waals surface area contributed by atoms with Gasteiger partial charge in [0.25, 0.3) is 0 Å². The zero-order chi connectivity index (χ0) is 17.6. The van der Waals surface area contributed by atoms with Crippen molar-refractivity contribution in [3.05, 3.63) is 0 Å². The number of aliphatic hydroxyl groups is 1.